The molecule has 1 aliphatic rings. The summed E-state index contributed by atoms with van der Waals surface area (Å²) in [6, 6.07) is 0. The normalized spacial score (nSPS) is 26.8. The van der Waals surface area contributed by atoms with Gasteiger partial charge in [0.15, 0.2) is 0 Å². The molecule has 0 aromatic rings. The minimum Gasteiger partial charge on any atom is -0.480 e. The fourth-order valence-corrected chi connectivity index (χ4v) is 1.79. The number of carbonyl (C=O) groups is 2. The number of carbonyl (C=O) groups excluding carboxylic acids is 1. The van der Waals surface area contributed by atoms with Gasteiger partial charge in [0.25, 0.3) is 0 Å². The van der Waals surface area contributed by atoms with E-state index in [2.05, 4.69) is 0 Å². The lowest BCUT2D eigenvalue weighted by Gasteiger charge is -2.21. The summed E-state index contributed by atoms with van der Waals surface area (Å²) < 4.78 is 0. The summed E-state index contributed by atoms with van der Waals surface area (Å²) in [5.41, 5.74) is 4.46. The largest absolute Gasteiger partial charge is 0.480 e. The molecular weight excluding hydrogens is 208 g/mol. The highest BCUT2D eigenvalue weighted by molar-refractivity contribution is 5.83. The SMILES string of the molecule is CCC(C)CC(=O)N1CCC(N)(C(=O)O)C1. The Kier molecular flexibility index (Phi) is 3.91. The van der Waals surface area contributed by atoms with Gasteiger partial charge in [0.1, 0.15) is 5.54 Å². The number of carboxylic acid groups (broad SMARTS) is 1. The molecule has 1 fully saturated rings. The monoisotopic (exact) mass is 228 g/mol. The Bertz CT molecular complexity index is 293. The predicted octanol–water partition coefficient (Wildman–Crippen LogP) is 0.437. The summed E-state index contributed by atoms with van der Waals surface area (Å²) in [7, 11) is 0. The van der Waals surface area contributed by atoms with Gasteiger partial charge in [-0.05, 0) is 12.3 Å². The van der Waals surface area contributed by atoms with Crippen molar-refractivity contribution in [1.29, 1.82) is 0 Å². The van der Waals surface area contributed by atoms with Gasteiger partial charge in [0.2, 0.25) is 5.91 Å². The van der Waals surface area contributed by atoms with Crippen molar-refractivity contribution in [1.82, 2.24) is 4.90 Å². The maximum Gasteiger partial charge on any atom is 0.325 e. The number of likely N-dealkylation sites (tertiary alicyclic amines) is 1. The topological polar surface area (TPSA) is 83.6 Å². The standard InChI is InChI=1S/C11H20N2O3/c1-3-8(2)6-9(14)13-5-4-11(12,7-13)10(15)16/h8H,3-7,12H2,1-2H3,(H,15,16). The van der Waals surface area contributed by atoms with Gasteiger partial charge in [0, 0.05) is 19.5 Å². The van der Waals surface area contributed by atoms with E-state index < -0.39 is 11.5 Å². The minimum absolute atomic E-state index is 0.0166. The van der Waals surface area contributed by atoms with Gasteiger partial charge in [-0.3, -0.25) is 9.59 Å². The summed E-state index contributed by atoms with van der Waals surface area (Å²) in [5.74, 6) is -0.667. The first-order valence-corrected chi connectivity index (χ1v) is 5.69. The van der Waals surface area contributed by atoms with Gasteiger partial charge in [-0.1, -0.05) is 20.3 Å². The number of carboxylic acids is 1. The molecule has 1 amide bonds. The highest BCUT2D eigenvalue weighted by atomic mass is 16.4. The average molecular weight is 228 g/mol. The Morgan fingerprint density at radius 3 is 2.62 bits per heavy atom. The first-order valence-electron chi connectivity index (χ1n) is 5.69. The van der Waals surface area contributed by atoms with Crippen LogP contribution in [0.25, 0.3) is 0 Å². The second-order valence-corrected chi connectivity index (χ2v) is 4.74. The number of nitrogens with two attached hydrogens (primary N) is 1. The third-order valence-corrected chi connectivity index (χ3v) is 3.30. The van der Waals surface area contributed by atoms with Gasteiger partial charge < -0.3 is 15.7 Å². The van der Waals surface area contributed by atoms with Crippen molar-refractivity contribution in [3.8, 4) is 0 Å². The predicted molar refractivity (Wildman–Crippen MR) is 59.8 cm³/mol. The van der Waals surface area contributed by atoms with Gasteiger partial charge in [-0.25, -0.2) is 0 Å². The zero-order valence-electron chi connectivity index (χ0n) is 9.90. The van der Waals surface area contributed by atoms with Crippen LogP contribution in [-0.2, 0) is 9.59 Å². The molecule has 92 valence electrons. The van der Waals surface area contributed by atoms with Gasteiger partial charge >= 0.3 is 5.97 Å². The van der Waals surface area contributed by atoms with Gasteiger partial charge in [-0.15, -0.1) is 0 Å². The first-order chi connectivity index (χ1) is 7.39. The van der Waals surface area contributed by atoms with E-state index in [1.54, 1.807) is 4.90 Å². The molecule has 1 aliphatic heterocycles. The molecule has 2 unspecified atom stereocenters. The molecule has 0 bridgehead atoms. The Labute approximate surface area is 95.6 Å². The van der Waals surface area contributed by atoms with Crippen molar-refractivity contribution in [3.05, 3.63) is 0 Å². The number of aliphatic carboxylic acids is 1. The molecule has 5 nitrogen and oxygen atoms in total. The second-order valence-electron chi connectivity index (χ2n) is 4.74. The average Bonchev–Trinajstić information content (AvgIpc) is 2.62. The maximum absolute atomic E-state index is 11.8. The number of amides is 1. The third-order valence-electron chi connectivity index (χ3n) is 3.30. The first kappa shape index (κ1) is 13.0. The van der Waals surface area contributed by atoms with E-state index in [-0.39, 0.29) is 12.5 Å². The molecule has 0 aromatic carbocycles. The number of rotatable bonds is 4. The third kappa shape index (κ3) is 2.72. The smallest absolute Gasteiger partial charge is 0.325 e. The van der Waals surface area contributed by atoms with E-state index in [1.165, 1.54) is 0 Å². The fourth-order valence-electron chi connectivity index (χ4n) is 1.79. The van der Waals surface area contributed by atoms with Crippen molar-refractivity contribution >= 4 is 11.9 Å². The van der Waals surface area contributed by atoms with Crippen LogP contribution < -0.4 is 5.73 Å². The van der Waals surface area contributed by atoms with E-state index in [0.717, 1.165) is 6.42 Å². The van der Waals surface area contributed by atoms with Crippen LogP contribution in [0.1, 0.15) is 33.1 Å². The van der Waals surface area contributed by atoms with Gasteiger partial charge in [0.05, 0.1) is 0 Å². The van der Waals surface area contributed by atoms with Crippen LogP contribution in [0.15, 0.2) is 0 Å². The van der Waals surface area contributed by atoms with Crippen LogP contribution in [0.2, 0.25) is 0 Å². The lowest BCUT2D eigenvalue weighted by molar-refractivity contribution is -0.143. The van der Waals surface area contributed by atoms with Crippen molar-refractivity contribution in [3.63, 3.8) is 0 Å². The van der Waals surface area contributed by atoms with Crippen LogP contribution in [0, 0.1) is 5.92 Å². The van der Waals surface area contributed by atoms with Crippen LogP contribution >= 0.6 is 0 Å². The molecule has 5 heteroatoms. The zero-order chi connectivity index (χ0) is 12.3. The lowest BCUT2D eigenvalue weighted by atomic mass is 10.0. The summed E-state index contributed by atoms with van der Waals surface area (Å²) in [6.07, 6.45) is 1.77. The lowest BCUT2D eigenvalue weighted by Crippen LogP contribution is -2.50. The van der Waals surface area contributed by atoms with E-state index >= 15 is 0 Å². The molecule has 1 heterocycles. The van der Waals surface area contributed by atoms with Crippen molar-refractivity contribution in [2.24, 2.45) is 11.7 Å². The van der Waals surface area contributed by atoms with Crippen molar-refractivity contribution in [2.75, 3.05) is 13.1 Å². The zero-order valence-corrected chi connectivity index (χ0v) is 9.90. The van der Waals surface area contributed by atoms with Crippen LogP contribution in [0.4, 0.5) is 0 Å². The van der Waals surface area contributed by atoms with Crippen molar-refractivity contribution in [2.45, 2.75) is 38.6 Å². The molecule has 2 atom stereocenters. The summed E-state index contributed by atoms with van der Waals surface area (Å²) in [4.78, 5) is 24.3. The summed E-state index contributed by atoms with van der Waals surface area (Å²) >= 11 is 0. The van der Waals surface area contributed by atoms with Crippen LogP contribution in [-0.4, -0.2) is 40.5 Å². The number of hydrogen-bond acceptors (Lipinski definition) is 3. The molecule has 1 rings (SSSR count). The number of nitrogens with zero attached hydrogens (tertiary/aromatic N) is 1. The Morgan fingerprint density at radius 1 is 1.56 bits per heavy atom. The minimum atomic E-state index is -1.24. The van der Waals surface area contributed by atoms with Crippen LogP contribution in [0.5, 0.6) is 0 Å². The summed E-state index contributed by atoms with van der Waals surface area (Å²) in [5, 5.41) is 8.94. The molecule has 0 spiro atoms. The molecule has 0 radical (unpaired) electrons. The Morgan fingerprint density at radius 2 is 2.19 bits per heavy atom. The number of hydrogen-bond donors (Lipinski definition) is 2. The molecule has 16 heavy (non-hydrogen) atoms. The second kappa shape index (κ2) is 4.82. The quantitative estimate of drug-likeness (QED) is 0.731. The fraction of sp³-hybridized carbons (Fsp3) is 0.818. The van der Waals surface area contributed by atoms with Gasteiger partial charge in [-0.2, -0.15) is 0 Å². The molecule has 1 saturated heterocycles. The molecule has 3 N–H and O–H groups in total. The van der Waals surface area contributed by atoms with Crippen molar-refractivity contribution < 1.29 is 14.7 Å². The van der Waals surface area contributed by atoms with E-state index in [9.17, 15) is 9.59 Å². The maximum atomic E-state index is 11.8. The van der Waals surface area contributed by atoms with Crippen LogP contribution in [0.3, 0.4) is 0 Å². The Hall–Kier alpha value is -1.10. The van der Waals surface area contributed by atoms with E-state index in [1.807, 2.05) is 13.8 Å². The summed E-state index contributed by atoms with van der Waals surface area (Å²) in [6.45, 7) is 4.64. The molecule has 0 aromatic heterocycles. The molecule has 0 saturated carbocycles. The van der Waals surface area contributed by atoms with E-state index in [0.29, 0.717) is 25.3 Å². The molecular formula is C11H20N2O3. The highest BCUT2D eigenvalue weighted by Gasteiger charge is 2.42. The Balaban J connectivity index is 2.53. The molecule has 0 aliphatic carbocycles. The highest BCUT2D eigenvalue weighted by Crippen LogP contribution is 2.21. The van der Waals surface area contributed by atoms with E-state index in [4.69, 9.17) is 10.8 Å².